The molecule has 0 aliphatic carbocycles. The van der Waals surface area contributed by atoms with Crippen LogP contribution in [0.5, 0.6) is 5.75 Å². The minimum Gasteiger partial charge on any atom is -0.494 e. The SMILES string of the molecule is CCOc1ccc(CC(=O)Nc2ccc(C(=O)NC(C)C(=O)O)cc2)cc1. The average molecular weight is 370 g/mol. The standard InChI is InChI=1S/C20H22N2O5/c1-3-27-17-10-4-14(5-11-17)12-18(23)22-16-8-6-15(7-9-16)19(24)21-13(2)20(25)26/h4-11,13H,3,12H2,1-2H3,(H,21,24)(H,22,23)(H,25,26). The summed E-state index contributed by atoms with van der Waals surface area (Å²) in [4.78, 5) is 34.9. The number of carboxylic acids is 1. The molecule has 2 aromatic carbocycles. The number of ether oxygens (including phenoxy) is 1. The zero-order valence-electron chi connectivity index (χ0n) is 15.2. The number of rotatable bonds is 8. The van der Waals surface area contributed by atoms with Crippen molar-refractivity contribution in [1.82, 2.24) is 5.32 Å². The van der Waals surface area contributed by atoms with Gasteiger partial charge in [-0.25, -0.2) is 0 Å². The van der Waals surface area contributed by atoms with Crippen LogP contribution in [0.2, 0.25) is 0 Å². The number of amides is 2. The van der Waals surface area contributed by atoms with Crippen molar-refractivity contribution in [2.75, 3.05) is 11.9 Å². The summed E-state index contributed by atoms with van der Waals surface area (Å²) < 4.78 is 5.36. The van der Waals surface area contributed by atoms with Crippen LogP contribution in [0, 0.1) is 0 Å². The fourth-order valence-corrected chi connectivity index (χ4v) is 2.31. The molecule has 0 heterocycles. The molecule has 0 radical (unpaired) electrons. The second-order valence-electron chi connectivity index (χ2n) is 5.91. The topological polar surface area (TPSA) is 105 Å². The number of carbonyl (C=O) groups is 3. The number of aliphatic carboxylic acids is 1. The number of hydrogen-bond donors (Lipinski definition) is 3. The molecule has 0 aromatic heterocycles. The first-order valence-corrected chi connectivity index (χ1v) is 8.54. The molecule has 1 atom stereocenters. The van der Waals surface area contributed by atoms with E-state index in [1.807, 2.05) is 31.2 Å². The van der Waals surface area contributed by atoms with Crippen molar-refractivity contribution >= 4 is 23.5 Å². The molecule has 2 amide bonds. The maximum atomic E-state index is 12.1. The summed E-state index contributed by atoms with van der Waals surface area (Å²) in [6, 6.07) is 12.6. The summed E-state index contributed by atoms with van der Waals surface area (Å²) in [6.07, 6.45) is 0.213. The number of carbonyl (C=O) groups excluding carboxylic acids is 2. The molecule has 2 aromatic rings. The smallest absolute Gasteiger partial charge is 0.325 e. The largest absolute Gasteiger partial charge is 0.494 e. The Hall–Kier alpha value is -3.35. The molecule has 3 N–H and O–H groups in total. The highest BCUT2D eigenvalue weighted by atomic mass is 16.5. The Bertz CT molecular complexity index is 800. The van der Waals surface area contributed by atoms with Crippen LogP contribution < -0.4 is 15.4 Å². The summed E-state index contributed by atoms with van der Waals surface area (Å²) in [5, 5.41) is 13.9. The number of hydrogen-bond acceptors (Lipinski definition) is 4. The highest BCUT2D eigenvalue weighted by Gasteiger charge is 2.15. The van der Waals surface area contributed by atoms with Gasteiger partial charge in [-0.15, -0.1) is 0 Å². The van der Waals surface area contributed by atoms with E-state index in [2.05, 4.69) is 10.6 Å². The van der Waals surface area contributed by atoms with Gasteiger partial charge in [0.2, 0.25) is 5.91 Å². The normalized spacial score (nSPS) is 11.3. The van der Waals surface area contributed by atoms with Gasteiger partial charge >= 0.3 is 5.97 Å². The zero-order chi connectivity index (χ0) is 19.8. The Balaban J connectivity index is 1.90. The van der Waals surface area contributed by atoms with Gasteiger partial charge in [-0.2, -0.15) is 0 Å². The molecule has 0 aliphatic rings. The van der Waals surface area contributed by atoms with Gasteiger partial charge in [0.25, 0.3) is 5.91 Å². The predicted molar refractivity (Wildman–Crippen MR) is 101 cm³/mol. The third kappa shape index (κ3) is 6.14. The van der Waals surface area contributed by atoms with Crippen LogP contribution in [0.4, 0.5) is 5.69 Å². The Morgan fingerprint density at radius 3 is 2.22 bits per heavy atom. The van der Waals surface area contributed by atoms with E-state index in [0.717, 1.165) is 11.3 Å². The second-order valence-corrected chi connectivity index (χ2v) is 5.91. The maximum Gasteiger partial charge on any atom is 0.325 e. The van der Waals surface area contributed by atoms with E-state index in [9.17, 15) is 14.4 Å². The van der Waals surface area contributed by atoms with Crippen LogP contribution in [0.3, 0.4) is 0 Å². The van der Waals surface area contributed by atoms with Gasteiger partial charge in [-0.1, -0.05) is 12.1 Å². The van der Waals surface area contributed by atoms with Crippen molar-refractivity contribution in [2.24, 2.45) is 0 Å². The van der Waals surface area contributed by atoms with Gasteiger partial charge in [0.15, 0.2) is 0 Å². The quantitative estimate of drug-likeness (QED) is 0.662. The first-order valence-electron chi connectivity index (χ1n) is 8.54. The first-order chi connectivity index (χ1) is 12.9. The van der Waals surface area contributed by atoms with E-state index in [4.69, 9.17) is 9.84 Å². The Labute approximate surface area is 157 Å². The van der Waals surface area contributed by atoms with E-state index in [1.165, 1.54) is 19.1 Å². The van der Waals surface area contributed by atoms with Crippen LogP contribution in [-0.4, -0.2) is 35.5 Å². The molecule has 0 bridgehead atoms. The van der Waals surface area contributed by atoms with Crippen LogP contribution in [0.25, 0.3) is 0 Å². The fraction of sp³-hybridized carbons (Fsp3) is 0.250. The molecule has 0 saturated heterocycles. The van der Waals surface area contributed by atoms with Crippen LogP contribution >= 0.6 is 0 Å². The van der Waals surface area contributed by atoms with Gasteiger partial charge in [-0.05, 0) is 55.8 Å². The maximum absolute atomic E-state index is 12.1. The van der Waals surface area contributed by atoms with Crippen molar-refractivity contribution < 1.29 is 24.2 Å². The molecule has 27 heavy (non-hydrogen) atoms. The fourth-order valence-electron chi connectivity index (χ4n) is 2.31. The average Bonchev–Trinajstić information content (AvgIpc) is 2.64. The monoisotopic (exact) mass is 370 g/mol. The molecular weight excluding hydrogens is 348 g/mol. The zero-order valence-corrected chi connectivity index (χ0v) is 15.2. The molecule has 0 aliphatic heterocycles. The van der Waals surface area contributed by atoms with Crippen molar-refractivity contribution in [3.05, 3.63) is 59.7 Å². The number of carboxylic acid groups (broad SMARTS) is 1. The number of nitrogens with one attached hydrogen (secondary N) is 2. The molecule has 0 saturated carbocycles. The van der Waals surface area contributed by atoms with Crippen molar-refractivity contribution in [3.8, 4) is 5.75 Å². The van der Waals surface area contributed by atoms with Gasteiger partial charge in [0.1, 0.15) is 11.8 Å². The lowest BCUT2D eigenvalue weighted by Crippen LogP contribution is -2.38. The summed E-state index contributed by atoms with van der Waals surface area (Å²) in [5.41, 5.74) is 1.72. The van der Waals surface area contributed by atoms with Crippen molar-refractivity contribution in [3.63, 3.8) is 0 Å². The molecule has 7 heteroatoms. The molecule has 142 valence electrons. The summed E-state index contributed by atoms with van der Waals surface area (Å²) >= 11 is 0. The minimum atomic E-state index is -1.11. The van der Waals surface area contributed by atoms with Crippen LogP contribution in [0.15, 0.2) is 48.5 Å². The summed E-state index contributed by atoms with van der Waals surface area (Å²) in [6.45, 7) is 3.88. The Morgan fingerprint density at radius 1 is 1.04 bits per heavy atom. The van der Waals surface area contributed by atoms with Crippen molar-refractivity contribution in [1.29, 1.82) is 0 Å². The third-order valence-corrected chi connectivity index (χ3v) is 3.75. The van der Waals surface area contributed by atoms with E-state index in [0.29, 0.717) is 17.9 Å². The van der Waals surface area contributed by atoms with Gasteiger partial charge < -0.3 is 20.5 Å². The molecule has 2 rings (SSSR count). The van der Waals surface area contributed by atoms with E-state index in [-0.39, 0.29) is 12.3 Å². The van der Waals surface area contributed by atoms with E-state index in [1.54, 1.807) is 12.1 Å². The number of benzene rings is 2. The molecule has 0 fully saturated rings. The molecule has 7 nitrogen and oxygen atoms in total. The van der Waals surface area contributed by atoms with Gasteiger partial charge in [-0.3, -0.25) is 14.4 Å². The second kappa shape index (κ2) is 9.38. The lowest BCUT2D eigenvalue weighted by atomic mass is 10.1. The minimum absolute atomic E-state index is 0.184. The molecular formula is C20H22N2O5. The van der Waals surface area contributed by atoms with E-state index >= 15 is 0 Å². The lowest BCUT2D eigenvalue weighted by molar-refractivity contribution is -0.138. The summed E-state index contributed by atoms with van der Waals surface area (Å²) in [5.74, 6) is -1.03. The van der Waals surface area contributed by atoms with Crippen molar-refractivity contribution in [2.45, 2.75) is 26.3 Å². The Morgan fingerprint density at radius 2 is 1.67 bits per heavy atom. The van der Waals surface area contributed by atoms with Gasteiger partial charge in [0.05, 0.1) is 13.0 Å². The lowest BCUT2D eigenvalue weighted by Gasteiger charge is -2.10. The van der Waals surface area contributed by atoms with Crippen LogP contribution in [0.1, 0.15) is 29.8 Å². The predicted octanol–water partition coefficient (Wildman–Crippen LogP) is 2.47. The number of anilines is 1. The third-order valence-electron chi connectivity index (χ3n) is 3.75. The Kier molecular flexibility index (Phi) is 6.93. The highest BCUT2D eigenvalue weighted by molar-refractivity contribution is 5.97. The van der Waals surface area contributed by atoms with Crippen LogP contribution in [-0.2, 0) is 16.0 Å². The molecule has 1 unspecified atom stereocenters. The highest BCUT2D eigenvalue weighted by Crippen LogP contribution is 2.14. The van der Waals surface area contributed by atoms with Gasteiger partial charge in [0, 0.05) is 11.3 Å². The molecule has 0 spiro atoms. The summed E-state index contributed by atoms with van der Waals surface area (Å²) in [7, 11) is 0. The van der Waals surface area contributed by atoms with E-state index < -0.39 is 17.9 Å². The first kappa shape index (κ1) is 20.0.